The van der Waals surface area contributed by atoms with Crippen LogP contribution in [0.15, 0.2) is 25.7 Å². The Bertz CT molecular complexity index is 586. The number of rotatable bonds is 4. The molecule has 1 atom stereocenters. The molecule has 0 spiro atoms. The van der Waals surface area contributed by atoms with Crippen LogP contribution in [0.1, 0.15) is 24.2 Å². The highest BCUT2D eigenvalue weighted by molar-refractivity contribution is 8.03. The summed E-state index contributed by atoms with van der Waals surface area (Å²) in [5.41, 5.74) is 1.13. The molecule has 1 aromatic heterocycles. The van der Waals surface area contributed by atoms with Crippen LogP contribution in [0, 0.1) is 12.7 Å². The molecule has 2 aromatic rings. The molecule has 0 aliphatic rings. The van der Waals surface area contributed by atoms with Gasteiger partial charge in [0, 0.05) is 4.90 Å². The second-order valence-corrected chi connectivity index (χ2v) is 7.28. The molecule has 0 bridgehead atoms. The molecule has 0 aliphatic carbocycles. The van der Waals surface area contributed by atoms with E-state index in [0.29, 0.717) is 11.1 Å². The van der Waals surface area contributed by atoms with Gasteiger partial charge in [-0.05, 0) is 43.4 Å². The predicted molar refractivity (Wildman–Crippen MR) is 77.6 cm³/mol. The fourth-order valence-electron chi connectivity index (χ4n) is 1.50. The average molecular weight is 316 g/mol. The van der Waals surface area contributed by atoms with Crippen molar-refractivity contribution in [3.05, 3.63) is 29.1 Å². The van der Waals surface area contributed by atoms with Gasteiger partial charge in [-0.25, -0.2) is 4.39 Å². The third-order valence-corrected chi connectivity index (χ3v) is 5.52. The molecule has 0 unspecified atom stereocenters. The van der Waals surface area contributed by atoms with Crippen LogP contribution >= 0.6 is 34.9 Å². The van der Waals surface area contributed by atoms with Crippen LogP contribution in [0.3, 0.4) is 0 Å². The van der Waals surface area contributed by atoms with Crippen LogP contribution in [-0.4, -0.2) is 21.6 Å². The molecule has 1 aromatic carbocycles. The summed E-state index contributed by atoms with van der Waals surface area (Å²) in [5, 5.41) is 17.8. The van der Waals surface area contributed by atoms with Crippen molar-refractivity contribution in [2.45, 2.75) is 33.5 Å². The number of hydrogen-bond donors (Lipinski definition) is 1. The van der Waals surface area contributed by atoms with Gasteiger partial charge in [-0.1, -0.05) is 34.9 Å². The summed E-state index contributed by atoms with van der Waals surface area (Å²) in [5.74, 6) is -0.303. The van der Waals surface area contributed by atoms with Crippen molar-refractivity contribution in [1.29, 1.82) is 0 Å². The van der Waals surface area contributed by atoms with Gasteiger partial charge < -0.3 is 5.11 Å². The van der Waals surface area contributed by atoms with Crippen molar-refractivity contribution in [1.82, 2.24) is 10.2 Å². The zero-order valence-electron chi connectivity index (χ0n) is 10.7. The Kier molecular flexibility index (Phi) is 4.83. The van der Waals surface area contributed by atoms with E-state index in [4.69, 9.17) is 0 Å². The maximum Gasteiger partial charge on any atom is 0.179 e. The van der Waals surface area contributed by atoms with Crippen LogP contribution in [0.2, 0.25) is 0 Å². The SMILES string of the molecule is CSc1nnc(Sc2cc(C)c(F)cc2[C@@H](C)O)s1. The van der Waals surface area contributed by atoms with Crippen LogP contribution < -0.4 is 0 Å². The molecule has 0 amide bonds. The molecular weight excluding hydrogens is 303 g/mol. The molecule has 3 nitrogen and oxygen atoms in total. The van der Waals surface area contributed by atoms with E-state index in [9.17, 15) is 9.50 Å². The number of nitrogens with zero attached hydrogens (tertiary/aromatic N) is 2. The second kappa shape index (κ2) is 6.21. The van der Waals surface area contributed by atoms with E-state index in [1.54, 1.807) is 19.9 Å². The standard InChI is InChI=1S/C12H13FN2OS3/c1-6-4-10(8(7(2)16)5-9(6)13)18-12-15-14-11(17-3)19-12/h4-5,7,16H,1-3H3/t7-/m1/s1. The van der Waals surface area contributed by atoms with Crippen LogP contribution in [0.4, 0.5) is 4.39 Å². The van der Waals surface area contributed by atoms with Crippen molar-refractivity contribution in [2.75, 3.05) is 6.26 Å². The van der Waals surface area contributed by atoms with Crippen LogP contribution in [0.25, 0.3) is 0 Å². The number of aromatic nitrogens is 2. The van der Waals surface area contributed by atoms with E-state index in [1.165, 1.54) is 40.9 Å². The summed E-state index contributed by atoms with van der Waals surface area (Å²) in [4.78, 5) is 0.817. The van der Waals surface area contributed by atoms with Crippen molar-refractivity contribution in [3.63, 3.8) is 0 Å². The summed E-state index contributed by atoms with van der Waals surface area (Å²) in [6.45, 7) is 3.33. The Labute approximate surface area is 123 Å². The molecule has 0 fully saturated rings. The van der Waals surface area contributed by atoms with Gasteiger partial charge in [0.2, 0.25) is 0 Å². The zero-order chi connectivity index (χ0) is 14.0. The van der Waals surface area contributed by atoms with Gasteiger partial charge in [0.15, 0.2) is 8.68 Å². The maximum atomic E-state index is 13.6. The molecular formula is C12H13FN2OS3. The Morgan fingerprint density at radius 3 is 2.58 bits per heavy atom. The van der Waals surface area contributed by atoms with Gasteiger partial charge in [0.1, 0.15) is 5.82 Å². The minimum absolute atomic E-state index is 0.303. The lowest BCUT2D eigenvalue weighted by molar-refractivity contribution is 0.196. The fraction of sp³-hybridized carbons (Fsp3) is 0.333. The van der Waals surface area contributed by atoms with E-state index >= 15 is 0 Å². The minimum Gasteiger partial charge on any atom is -0.389 e. The number of hydrogen-bond acceptors (Lipinski definition) is 6. The summed E-state index contributed by atoms with van der Waals surface area (Å²) < 4.78 is 15.2. The number of thioether (sulfide) groups is 1. The third-order valence-electron chi connectivity index (χ3n) is 2.50. The second-order valence-electron chi connectivity index (χ2n) is 3.96. The molecule has 102 valence electrons. The first kappa shape index (κ1) is 14.8. The van der Waals surface area contributed by atoms with Crippen molar-refractivity contribution in [3.8, 4) is 0 Å². The lowest BCUT2D eigenvalue weighted by Crippen LogP contribution is -1.97. The quantitative estimate of drug-likeness (QED) is 0.867. The van der Waals surface area contributed by atoms with E-state index in [1.807, 2.05) is 6.26 Å². The first-order valence-electron chi connectivity index (χ1n) is 5.54. The smallest absolute Gasteiger partial charge is 0.179 e. The zero-order valence-corrected chi connectivity index (χ0v) is 13.1. The van der Waals surface area contributed by atoms with Crippen LogP contribution in [-0.2, 0) is 0 Å². The van der Waals surface area contributed by atoms with Gasteiger partial charge in [0.05, 0.1) is 6.10 Å². The summed E-state index contributed by atoms with van der Waals surface area (Å²) in [7, 11) is 0. The summed E-state index contributed by atoms with van der Waals surface area (Å²) in [6.07, 6.45) is 1.23. The van der Waals surface area contributed by atoms with Crippen molar-refractivity contribution in [2.24, 2.45) is 0 Å². The number of aliphatic hydroxyl groups excluding tert-OH is 1. The number of benzene rings is 1. The van der Waals surface area contributed by atoms with Crippen molar-refractivity contribution >= 4 is 34.9 Å². The Balaban J connectivity index is 2.35. The molecule has 0 aliphatic heterocycles. The Morgan fingerprint density at radius 2 is 2.00 bits per heavy atom. The first-order chi connectivity index (χ1) is 9.01. The highest BCUT2D eigenvalue weighted by Crippen LogP contribution is 2.37. The molecule has 0 saturated carbocycles. The minimum atomic E-state index is -0.717. The fourth-order valence-corrected chi connectivity index (χ4v) is 4.19. The topological polar surface area (TPSA) is 46.0 Å². The third kappa shape index (κ3) is 3.47. The van der Waals surface area contributed by atoms with Gasteiger partial charge in [-0.15, -0.1) is 10.2 Å². The first-order valence-corrected chi connectivity index (χ1v) is 8.40. The van der Waals surface area contributed by atoms with Gasteiger partial charge in [-0.2, -0.15) is 0 Å². The molecule has 1 N–H and O–H groups in total. The molecule has 0 radical (unpaired) electrons. The highest BCUT2D eigenvalue weighted by Gasteiger charge is 2.15. The normalized spacial score (nSPS) is 12.7. The molecule has 1 heterocycles. The van der Waals surface area contributed by atoms with Crippen molar-refractivity contribution < 1.29 is 9.50 Å². The van der Waals surface area contributed by atoms with Gasteiger partial charge in [-0.3, -0.25) is 0 Å². The average Bonchev–Trinajstić information content (AvgIpc) is 2.81. The lowest BCUT2D eigenvalue weighted by Gasteiger charge is -2.12. The predicted octanol–water partition coefficient (Wildman–Crippen LogP) is 3.91. The monoisotopic (exact) mass is 316 g/mol. The highest BCUT2D eigenvalue weighted by atomic mass is 32.2. The number of aliphatic hydroxyl groups is 1. The summed E-state index contributed by atoms with van der Waals surface area (Å²) >= 11 is 4.43. The van der Waals surface area contributed by atoms with E-state index < -0.39 is 6.10 Å². The molecule has 19 heavy (non-hydrogen) atoms. The van der Waals surface area contributed by atoms with E-state index in [0.717, 1.165) is 13.6 Å². The molecule has 2 rings (SSSR count). The number of halogens is 1. The lowest BCUT2D eigenvalue weighted by atomic mass is 10.1. The van der Waals surface area contributed by atoms with Gasteiger partial charge in [0.25, 0.3) is 0 Å². The Morgan fingerprint density at radius 1 is 1.32 bits per heavy atom. The van der Waals surface area contributed by atoms with E-state index in [-0.39, 0.29) is 5.82 Å². The Hall–Kier alpha value is -0.630. The van der Waals surface area contributed by atoms with Gasteiger partial charge >= 0.3 is 0 Å². The summed E-state index contributed by atoms with van der Waals surface area (Å²) in [6, 6.07) is 3.13. The largest absolute Gasteiger partial charge is 0.389 e. The van der Waals surface area contributed by atoms with E-state index in [2.05, 4.69) is 10.2 Å². The van der Waals surface area contributed by atoms with Crippen LogP contribution in [0.5, 0.6) is 0 Å². The molecule has 0 saturated heterocycles. The number of aryl methyl sites for hydroxylation is 1. The maximum absolute atomic E-state index is 13.6. The molecule has 7 heteroatoms.